The van der Waals surface area contributed by atoms with E-state index in [-0.39, 0.29) is 0 Å². The predicted octanol–water partition coefficient (Wildman–Crippen LogP) is 3.73. The van der Waals surface area contributed by atoms with Crippen LogP contribution < -0.4 is 10.6 Å². The lowest BCUT2D eigenvalue weighted by molar-refractivity contribution is 0.524. The Morgan fingerprint density at radius 3 is 2.52 bits per heavy atom. The summed E-state index contributed by atoms with van der Waals surface area (Å²) in [5.41, 5.74) is 6.04. The summed E-state index contributed by atoms with van der Waals surface area (Å²) in [4.78, 5) is 11.8. The second-order valence-corrected chi connectivity index (χ2v) is 7.10. The normalized spacial score (nSPS) is 19.4. The monoisotopic (exact) mass is 288 g/mol. The van der Waals surface area contributed by atoms with Gasteiger partial charge in [-0.05, 0) is 38.0 Å². The summed E-state index contributed by atoms with van der Waals surface area (Å²) in [6.07, 6.45) is 8.93. The molecule has 0 aliphatic heterocycles. The number of aromatic nitrogens is 2. The van der Waals surface area contributed by atoms with E-state index in [0.29, 0.717) is 17.8 Å². The molecule has 116 valence electrons. The van der Waals surface area contributed by atoms with Gasteiger partial charge in [-0.25, -0.2) is 9.97 Å². The van der Waals surface area contributed by atoms with Crippen molar-refractivity contribution in [2.24, 2.45) is 5.92 Å². The molecule has 2 saturated carbocycles. The molecule has 0 spiro atoms. The van der Waals surface area contributed by atoms with Crippen molar-refractivity contribution in [1.82, 2.24) is 9.97 Å². The maximum Gasteiger partial charge on any atom is 0.136 e. The van der Waals surface area contributed by atoms with Crippen molar-refractivity contribution in [2.45, 2.75) is 70.8 Å². The Bertz CT molecular complexity index is 476. The highest BCUT2D eigenvalue weighted by Crippen LogP contribution is 2.39. The van der Waals surface area contributed by atoms with Gasteiger partial charge in [0.15, 0.2) is 0 Å². The van der Waals surface area contributed by atoms with Gasteiger partial charge in [-0.15, -0.1) is 0 Å². The molecule has 1 aromatic heterocycles. The van der Waals surface area contributed by atoms with Gasteiger partial charge < -0.3 is 10.6 Å². The van der Waals surface area contributed by atoms with Crippen molar-refractivity contribution < 1.29 is 0 Å². The third-order valence-corrected chi connectivity index (χ3v) is 4.70. The Morgan fingerprint density at radius 2 is 1.90 bits per heavy atom. The Labute approximate surface area is 128 Å². The van der Waals surface area contributed by atoms with Gasteiger partial charge in [0.1, 0.15) is 17.5 Å². The lowest BCUT2D eigenvalue weighted by Gasteiger charge is -2.31. The molecule has 0 aromatic carbocycles. The summed E-state index contributed by atoms with van der Waals surface area (Å²) >= 11 is 0. The molecule has 4 nitrogen and oxygen atoms in total. The minimum absolute atomic E-state index is 0.558. The van der Waals surface area contributed by atoms with Crippen LogP contribution >= 0.6 is 0 Å². The average Bonchev–Trinajstić information content (AvgIpc) is 3.15. The molecule has 0 unspecified atom stereocenters. The molecule has 2 aliphatic carbocycles. The van der Waals surface area contributed by atoms with E-state index < -0.39 is 0 Å². The zero-order valence-electron chi connectivity index (χ0n) is 13.4. The van der Waals surface area contributed by atoms with E-state index >= 15 is 0 Å². The molecule has 0 bridgehead atoms. The van der Waals surface area contributed by atoms with Gasteiger partial charge in [0.25, 0.3) is 0 Å². The number of nitrogens with two attached hydrogens (primary N) is 1. The summed E-state index contributed by atoms with van der Waals surface area (Å²) in [6, 6.07) is 2.62. The first kappa shape index (κ1) is 14.6. The third kappa shape index (κ3) is 3.66. The fourth-order valence-corrected chi connectivity index (χ4v) is 3.24. The van der Waals surface area contributed by atoms with Crippen LogP contribution in [-0.2, 0) is 0 Å². The second kappa shape index (κ2) is 6.20. The second-order valence-electron chi connectivity index (χ2n) is 7.10. The van der Waals surface area contributed by atoms with E-state index in [0.717, 1.165) is 24.1 Å². The summed E-state index contributed by atoms with van der Waals surface area (Å²) in [7, 11) is 0. The van der Waals surface area contributed by atoms with Gasteiger partial charge in [-0.3, -0.25) is 0 Å². The number of anilines is 2. The van der Waals surface area contributed by atoms with Gasteiger partial charge in [0.05, 0.1) is 0 Å². The molecule has 2 aliphatic rings. The summed E-state index contributed by atoms with van der Waals surface area (Å²) in [6.45, 7) is 5.66. The van der Waals surface area contributed by atoms with Gasteiger partial charge in [-0.1, -0.05) is 26.7 Å². The highest BCUT2D eigenvalue weighted by Gasteiger charge is 2.29. The number of hydrogen-bond acceptors (Lipinski definition) is 4. The fourth-order valence-electron chi connectivity index (χ4n) is 3.24. The van der Waals surface area contributed by atoms with Crippen LogP contribution in [0.5, 0.6) is 0 Å². The number of hydrogen-bond donors (Lipinski definition) is 1. The molecule has 2 N–H and O–H groups in total. The molecule has 3 rings (SSSR count). The van der Waals surface area contributed by atoms with E-state index in [4.69, 9.17) is 10.7 Å². The highest BCUT2D eigenvalue weighted by molar-refractivity contribution is 5.48. The molecule has 0 radical (unpaired) electrons. The predicted molar refractivity (Wildman–Crippen MR) is 87.5 cm³/mol. The Morgan fingerprint density at radius 1 is 1.19 bits per heavy atom. The molecular formula is C17H28N4. The quantitative estimate of drug-likeness (QED) is 0.866. The van der Waals surface area contributed by atoms with Crippen LogP contribution in [0.4, 0.5) is 11.6 Å². The van der Waals surface area contributed by atoms with Gasteiger partial charge >= 0.3 is 0 Å². The van der Waals surface area contributed by atoms with Crippen molar-refractivity contribution in [3.63, 3.8) is 0 Å². The van der Waals surface area contributed by atoms with Gasteiger partial charge in [0, 0.05) is 24.6 Å². The molecule has 0 saturated heterocycles. The minimum atomic E-state index is 0.558. The zero-order chi connectivity index (χ0) is 14.8. The molecule has 21 heavy (non-hydrogen) atoms. The maximum atomic E-state index is 6.04. The Balaban J connectivity index is 1.83. The van der Waals surface area contributed by atoms with Crippen LogP contribution in [0.1, 0.15) is 70.5 Å². The molecule has 2 fully saturated rings. The topological polar surface area (TPSA) is 55.0 Å². The van der Waals surface area contributed by atoms with E-state index in [1.54, 1.807) is 0 Å². The molecule has 1 heterocycles. The molecule has 0 amide bonds. The Kier molecular flexibility index (Phi) is 4.32. The summed E-state index contributed by atoms with van der Waals surface area (Å²) < 4.78 is 0. The lowest BCUT2D eigenvalue weighted by atomic mass is 10.1. The first-order valence-corrected chi connectivity index (χ1v) is 8.54. The van der Waals surface area contributed by atoms with Gasteiger partial charge in [0.2, 0.25) is 0 Å². The number of nitrogen functional groups attached to an aromatic ring is 1. The smallest absolute Gasteiger partial charge is 0.136 e. The minimum Gasteiger partial charge on any atom is -0.384 e. The molecular weight excluding hydrogens is 260 g/mol. The van der Waals surface area contributed by atoms with Crippen LogP contribution in [-0.4, -0.2) is 22.6 Å². The average molecular weight is 288 g/mol. The number of rotatable bonds is 6. The van der Waals surface area contributed by atoms with Crippen LogP contribution in [0.2, 0.25) is 0 Å². The number of nitrogens with zero attached hydrogens (tertiary/aromatic N) is 3. The molecule has 1 aromatic rings. The largest absolute Gasteiger partial charge is 0.384 e. The van der Waals surface area contributed by atoms with Gasteiger partial charge in [-0.2, -0.15) is 0 Å². The Hall–Kier alpha value is -1.32. The molecule has 4 heteroatoms. The summed E-state index contributed by atoms with van der Waals surface area (Å²) in [5, 5.41) is 0. The van der Waals surface area contributed by atoms with E-state index in [9.17, 15) is 0 Å². The standard InChI is InChI=1S/C17H28N4/c1-12(2)9-10-21(14-5-3-4-6-14)16-11-15(18)19-17(20-16)13-7-8-13/h11-14H,3-10H2,1-2H3,(H2,18,19,20). The maximum absolute atomic E-state index is 6.04. The van der Waals surface area contributed by atoms with E-state index in [1.807, 2.05) is 6.07 Å². The zero-order valence-corrected chi connectivity index (χ0v) is 13.4. The van der Waals surface area contributed by atoms with Crippen molar-refractivity contribution >= 4 is 11.6 Å². The van der Waals surface area contributed by atoms with Crippen molar-refractivity contribution in [3.8, 4) is 0 Å². The third-order valence-electron chi connectivity index (χ3n) is 4.70. The summed E-state index contributed by atoms with van der Waals surface area (Å²) in [5.74, 6) is 3.95. The SMILES string of the molecule is CC(C)CCN(c1cc(N)nc(C2CC2)n1)C1CCCC1. The first-order chi connectivity index (χ1) is 10.1. The fraction of sp³-hybridized carbons (Fsp3) is 0.765. The van der Waals surface area contributed by atoms with Crippen LogP contribution in [0.15, 0.2) is 6.07 Å². The first-order valence-electron chi connectivity index (χ1n) is 8.54. The van der Waals surface area contributed by atoms with Crippen molar-refractivity contribution in [1.29, 1.82) is 0 Å². The van der Waals surface area contributed by atoms with Crippen LogP contribution in [0.3, 0.4) is 0 Å². The van der Waals surface area contributed by atoms with Crippen molar-refractivity contribution in [3.05, 3.63) is 11.9 Å². The van der Waals surface area contributed by atoms with E-state index in [2.05, 4.69) is 23.7 Å². The van der Waals surface area contributed by atoms with Crippen LogP contribution in [0, 0.1) is 5.92 Å². The van der Waals surface area contributed by atoms with E-state index in [1.165, 1.54) is 44.9 Å². The molecule has 0 atom stereocenters. The lowest BCUT2D eigenvalue weighted by Crippen LogP contribution is -2.35. The van der Waals surface area contributed by atoms with Crippen LogP contribution in [0.25, 0.3) is 0 Å². The highest BCUT2D eigenvalue weighted by atomic mass is 15.2. The van der Waals surface area contributed by atoms with Crippen molar-refractivity contribution in [2.75, 3.05) is 17.2 Å².